The average Bonchev–Trinajstić information content (AvgIpc) is 3.19. The van der Waals surface area contributed by atoms with Crippen LogP contribution in [0.4, 0.5) is 10.6 Å². The largest absolute Gasteiger partial charge is 0.374 e. The van der Waals surface area contributed by atoms with E-state index < -0.39 is 0 Å². The number of ether oxygens (including phenoxy) is 1. The van der Waals surface area contributed by atoms with E-state index in [1.165, 1.54) is 0 Å². The van der Waals surface area contributed by atoms with Crippen LogP contribution in [0.15, 0.2) is 72.8 Å². The van der Waals surface area contributed by atoms with Gasteiger partial charge in [-0.15, -0.1) is 0 Å². The predicted octanol–water partition coefficient (Wildman–Crippen LogP) is 4.67. The Morgan fingerprint density at radius 1 is 0.912 bits per heavy atom. The molecule has 2 aromatic carbocycles. The van der Waals surface area contributed by atoms with Gasteiger partial charge in [-0.1, -0.05) is 60.7 Å². The number of nitrogens with one attached hydrogen (secondary N) is 2. The quantitative estimate of drug-likeness (QED) is 0.402. The molecule has 8 nitrogen and oxygen atoms in total. The first-order chi connectivity index (χ1) is 16.5. The molecule has 2 N–H and O–H groups in total. The van der Waals surface area contributed by atoms with Crippen LogP contribution in [0.2, 0.25) is 0 Å². The molecule has 0 aliphatic heterocycles. The Balaban J connectivity index is 1.48. The maximum atomic E-state index is 13.0. The molecule has 0 spiro atoms. The van der Waals surface area contributed by atoms with E-state index >= 15 is 0 Å². The van der Waals surface area contributed by atoms with Crippen molar-refractivity contribution in [2.45, 2.75) is 33.4 Å². The number of carbonyl (C=O) groups is 1. The molecule has 0 saturated carbocycles. The van der Waals surface area contributed by atoms with E-state index in [2.05, 4.69) is 25.7 Å². The Labute approximate surface area is 199 Å². The van der Waals surface area contributed by atoms with E-state index in [0.29, 0.717) is 25.0 Å². The Bertz CT molecular complexity index is 1220. The smallest absolute Gasteiger partial charge is 0.320 e. The van der Waals surface area contributed by atoms with Gasteiger partial charge in [0.2, 0.25) is 0 Å². The van der Waals surface area contributed by atoms with E-state index in [-0.39, 0.29) is 12.1 Å². The molecule has 0 saturated heterocycles. The van der Waals surface area contributed by atoms with Gasteiger partial charge < -0.3 is 10.1 Å². The molecule has 4 aromatic rings. The van der Waals surface area contributed by atoms with Crippen LogP contribution in [0.25, 0.3) is 5.95 Å². The lowest BCUT2D eigenvalue weighted by atomic mass is 10.1. The zero-order chi connectivity index (χ0) is 23.9. The van der Waals surface area contributed by atoms with Gasteiger partial charge in [0.05, 0.1) is 24.9 Å². The number of carbonyl (C=O) groups excluding carboxylic acids is 1. The van der Waals surface area contributed by atoms with Gasteiger partial charge >= 0.3 is 6.03 Å². The minimum absolute atomic E-state index is 0.324. The summed E-state index contributed by atoms with van der Waals surface area (Å²) in [6.07, 6.45) is 0. The van der Waals surface area contributed by atoms with Gasteiger partial charge in [0.1, 0.15) is 5.82 Å². The van der Waals surface area contributed by atoms with Crippen molar-refractivity contribution in [2.75, 3.05) is 11.9 Å². The highest BCUT2D eigenvalue weighted by Gasteiger charge is 2.18. The third-order valence-corrected chi connectivity index (χ3v) is 5.14. The van der Waals surface area contributed by atoms with Crippen LogP contribution in [0.5, 0.6) is 0 Å². The highest BCUT2D eigenvalue weighted by atomic mass is 16.5. The molecule has 174 valence electrons. The van der Waals surface area contributed by atoms with Crippen molar-refractivity contribution in [3.8, 4) is 5.95 Å². The normalized spacial score (nSPS) is 11.7. The molecule has 0 aliphatic carbocycles. The lowest BCUT2D eigenvalue weighted by Crippen LogP contribution is -2.35. The average molecular weight is 457 g/mol. The third kappa shape index (κ3) is 6.05. The molecule has 1 unspecified atom stereocenters. The summed E-state index contributed by atoms with van der Waals surface area (Å²) in [5.41, 5.74) is 4.42. The lowest BCUT2D eigenvalue weighted by molar-refractivity contribution is 0.101. The van der Waals surface area contributed by atoms with E-state index in [1.807, 2.05) is 87.5 Å². The van der Waals surface area contributed by atoms with Crippen LogP contribution < -0.4 is 10.6 Å². The van der Waals surface area contributed by atoms with Crippen LogP contribution in [0.1, 0.15) is 34.3 Å². The molecular weight excluding hydrogens is 428 g/mol. The molecular formula is C26H28N6O2. The summed E-state index contributed by atoms with van der Waals surface area (Å²) >= 11 is 0. The number of aryl methyl sites for hydroxylation is 3. The van der Waals surface area contributed by atoms with Crippen molar-refractivity contribution in [2.24, 2.45) is 0 Å². The van der Waals surface area contributed by atoms with Gasteiger partial charge in [-0.2, -0.15) is 9.78 Å². The number of hydrogen-bond acceptors (Lipinski definition) is 5. The molecule has 2 aromatic heterocycles. The van der Waals surface area contributed by atoms with E-state index in [0.717, 1.165) is 28.2 Å². The summed E-state index contributed by atoms with van der Waals surface area (Å²) in [6.45, 7) is 6.43. The van der Waals surface area contributed by atoms with Gasteiger partial charge in [0.25, 0.3) is 5.95 Å². The van der Waals surface area contributed by atoms with Crippen molar-refractivity contribution >= 4 is 11.8 Å². The van der Waals surface area contributed by atoms with Crippen LogP contribution in [-0.4, -0.2) is 32.4 Å². The Hall–Kier alpha value is -4.04. The molecule has 0 bridgehead atoms. The topological polar surface area (TPSA) is 94.0 Å². The molecule has 4 rings (SSSR count). The van der Waals surface area contributed by atoms with Gasteiger partial charge in [0.15, 0.2) is 0 Å². The molecule has 2 heterocycles. The maximum absolute atomic E-state index is 13.0. The Morgan fingerprint density at radius 2 is 1.56 bits per heavy atom. The van der Waals surface area contributed by atoms with Crippen molar-refractivity contribution in [1.29, 1.82) is 0 Å². The van der Waals surface area contributed by atoms with E-state index in [1.54, 1.807) is 10.7 Å². The summed E-state index contributed by atoms with van der Waals surface area (Å²) in [6, 6.07) is 22.7. The fourth-order valence-corrected chi connectivity index (χ4v) is 3.63. The maximum Gasteiger partial charge on any atom is 0.320 e. The van der Waals surface area contributed by atoms with E-state index in [4.69, 9.17) is 4.74 Å². The summed E-state index contributed by atoms with van der Waals surface area (Å²) in [7, 11) is 0. The number of anilines is 1. The summed E-state index contributed by atoms with van der Waals surface area (Å²) in [5.74, 6) is 0.892. The summed E-state index contributed by atoms with van der Waals surface area (Å²) < 4.78 is 7.47. The number of amides is 2. The number of urea groups is 1. The molecule has 8 heteroatoms. The molecule has 2 amide bonds. The first-order valence-electron chi connectivity index (χ1n) is 11.1. The fraction of sp³-hybridized carbons (Fsp3) is 0.231. The molecule has 0 radical (unpaired) electrons. The zero-order valence-electron chi connectivity index (χ0n) is 19.5. The second-order valence-electron chi connectivity index (χ2n) is 8.10. The molecule has 34 heavy (non-hydrogen) atoms. The van der Waals surface area contributed by atoms with Crippen molar-refractivity contribution in [3.05, 3.63) is 101 Å². The number of benzene rings is 2. The van der Waals surface area contributed by atoms with Crippen LogP contribution in [-0.2, 0) is 11.3 Å². The van der Waals surface area contributed by atoms with Crippen molar-refractivity contribution in [1.82, 2.24) is 25.1 Å². The Morgan fingerprint density at radius 3 is 2.24 bits per heavy atom. The summed E-state index contributed by atoms with van der Waals surface area (Å²) in [5, 5.41) is 10.4. The van der Waals surface area contributed by atoms with Gasteiger partial charge in [-0.05, 0) is 38.0 Å². The van der Waals surface area contributed by atoms with Crippen LogP contribution in [0.3, 0.4) is 0 Å². The second-order valence-corrected chi connectivity index (χ2v) is 8.10. The van der Waals surface area contributed by atoms with Crippen LogP contribution >= 0.6 is 0 Å². The van der Waals surface area contributed by atoms with Crippen LogP contribution in [0, 0.1) is 20.8 Å². The number of hydrogen-bond donors (Lipinski definition) is 2. The predicted molar refractivity (Wildman–Crippen MR) is 131 cm³/mol. The highest BCUT2D eigenvalue weighted by Crippen LogP contribution is 2.17. The fourth-order valence-electron chi connectivity index (χ4n) is 3.63. The second kappa shape index (κ2) is 10.7. The lowest BCUT2D eigenvalue weighted by Gasteiger charge is -2.20. The minimum atomic E-state index is -0.373. The first-order valence-corrected chi connectivity index (χ1v) is 11.1. The standard InChI is InChI=1S/C26H28N6O2/c1-18-14-19(2)28-25(27-18)32-24(15-20(3)31-32)30-26(33)29-23(22-12-8-5-9-13-22)17-34-16-21-10-6-4-7-11-21/h4-15,23H,16-17H2,1-3H3,(H2,29,30,33). The zero-order valence-corrected chi connectivity index (χ0v) is 19.5. The number of nitrogens with zero attached hydrogens (tertiary/aromatic N) is 4. The SMILES string of the molecule is Cc1cc(C)nc(-n2nc(C)cc2NC(=O)NC(COCc2ccccc2)c2ccccc2)n1. The Kier molecular flexibility index (Phi) is 7.29. The monoisotopic (exact) mass is 456 g/mol. The van der Waals surface area contributed by atoms with Crippen molar-refractivity contribution in [3.63, 3.8) is 0 Å². The third-order valence-electron chi connectivity index (χ3n) is 5.14. The van der Waals surface area contributed by atoms with Crippen molar-refractivity contribution < 1.29 is 9.53 Å². The molecule has 0 aliphatic rings. The van der Waals surface area contributed by atoms with Gasteiger partial charge in [-0.25, -0.2) is 14.8 Å². The number of aromatic nitrogens is 4. The summed E-state index contributed by atoms with van der Waals surface area (Å²) in [4.78, 5) is 21.9. The molecule has 0 fully saturated rings. The van der Waals surface area contributed by atoms with Gasteiger partial charge in [-0.3, -0.25) is 5.32 Å². The van der Waals surface area contributed by atoms with Gasteiger partial charge in [0, 0.05) is 17.5 Å². The number of rotatable bonds is 8. The first kappa shape index (κ1) is 23.1. The highest BCUT2D eigenvalue weighted by molar-refractivity contribution is 5.89. The molecule has 1 atom stereocenters. The minimum Gasteiger partial charge on any atom is -0.374 e. The van der Waals surface area contributed by atoms with E-state index in [9.17, 15) is 4.79 Å².